The van der Waals surface area contributed by atoms with Crippen molar-refractivity contribution >= 4 is 11.8 Å². The van der Waals surface area contributed by atoms with Crippen LogP contribution in [0.5, 0.6) is 0 Å². The molecule has 9 heteroatoms. The minimum absolute atomic E-state index is 0.0164. The number of hydrogen-bond acceptors (Lipinski definition) is 6. The molecule has 1 atom stereocenters. The van der Waals surface area contributed by atoms with E-state index in [2.05, 4.69) is 10.2 Å². The molecular weight excluding hydrogens is 343 g/mol. The van der Waals surface area contributed by atoms with Crippen LogP contribution in [0.25, 0.3) is 11.5 Å². The maximum absolute atomic E-state index is 13.3. The number of piperazine rings is 1. The molecule has 1 saturated heterocycles. The fraction of sp³-hybridized carbons (Fsp3) is 0.412. The standard InChI is InChI=1S/C17H19FN4O4/c1-11-17(24)21(6-7-25-2)10-15(23)22(11)9-14-19-20-16(26-14)12-4-3-5-13(18)8-12/h3-5,8,11H,6-7,9-10H2,1-2H3/t11-/m0/s1. The van der Waals surface area contributed by atoms with Gasteiger partial charge in [-0.2, -0.15) is 0 Å². The Labute approximate surface area is 149 Å². The van der Waals surface area contributed by atoms with Crippen LogP contribution in [-0.4, -0.2) is 64.7 Å². The maximum Gasteiger partial charge on any atom is 0.247 e. The number of carbonyl (C=O) groups excluding carboxylic acids is 2. The zero-order valence-corrected chi connectivity index (χ0v) is 14.5. The van der Waals surface area contributed by atoms with Crippen molar-refractivity contribution in [3.05, 3.63) is 36.0 Å². The molecule has 0 radical (unpaired) electrons. The molecule has 0 aliphatic carbocycles. The number of carbonyl (C=O) groups is 2. The first-order valence-electron chi connectivity index (χ1n) is 8.15. The van der Waals surface area contributed by atoms with E-state index in [0.717, 1.165) is 0 Å². The molecule has 3 rings (SSSR count). The fourth-order valence-corrected chi connectivity index (χ4v) is 2.76. The van der Waals surface area contributed by atoms with Crippen LogP contribution in [0.3, 0.4) is 0 Å². The molecule has 1 aromatic carbocycles. The van der Waals surface area contributed by atoms with Crippen molar-refractivity contribution in [3.8, 4) is 11.5 Å². The summed E-state index contributed by atoms with van der Waals surface area (Å²) in [7, 11) is 1.54. The van der Waals surface area contributed by atoms with E-state index in [9.17, 15) is 14.0 Å². The van der Waals surface area contributed by atoms with Gasteiger partial charge in [0, 0.05) is 19.2 Å². The highest BCUT2D eigenvalue weighted by Gasteiger charge is 2.37. The van der Waals surface area contributed by atoms with E-state index in [1.807, 2.05) is 0 Å². The number of methoxy groups -OCH3 is 1. The number of nitrogens with zero attached hydrogens (tertiary/aromatic N) is 4. The van der Waals surface area contributed by atoms with Gasteiger partial charge in [-0.3, -0.25) is 9.59 Å². The molecule has 0 N–H and O–H groups in total. The van der Waals surface area contributed by atoms with Crippen molar-refractivity contribution < 1.29 is 23.1 Å². The van der Waals surface area contributed by atoms with Gasteiger partial charge in [0.2, 0.25) is 23.6 Å². The molecule has 8 nitrogen and oxygen atoms in total. The first-order chi connectivity index (χ1) is 12.5. The Morgan fingerprint density at radius 3 is 2.88 bits per heavy atom. The molecule has 1 aliphatic rings. The molecule has 2 heterocycles. The zero-order valence-electron chi connectivity index (χ0n) is 14.5. The number of ether oxygens (including phenoxy) is 1. The summed E-state index contributed by atoms with van der Waals surface area (Å²) in [5, 5.41) is 7.79. The molecule has 138 valence electrons. The Hall–Kier alpha value is -2.81. The average molecular weight is 362 g/mol. The van der Waals surface area contributed by atoms with E-state index in [0.29, 0.717) is 18.7 Å². The molecule has 1 fully saturated rings. The summed E-state index contributed by atoms with van der Waals surface area (Å²) in [4.78, 5) is 27.7. The normalized spacial score (nSPS) is 17.9. The van der Waals surface area contributed by atoms with Gasteiger partial charge in [-0.15, -0.1) is 10.2 Å². The predicted octanol–water partition coefficient (Wildman–Crippen LogP) is 1.08. The fourth-order valence-electron chi connectivity index (χ4n) is 2.76. The summed E-state index contributed by atoms with van der Waals surface area (Å²) in [6.07, 6.45) is 0. The van der Waals surface area contributed by atoms with Gasteiger partial charge in [-0.25, -0.2) is 4.39 Å². The van der Waals surface area contributed by atoms with E-state index in [1.165, 1.54) is 35.1 Å². The summed E-state index contributed by atoms with van der Waals surface area (Å²) in [6.45, 7) is 2.39. The molecular formula is C17H19FN4O4. The number of hydrogen-bond donors (Lipinski definition) is 0. The molecule has 0 spiro atoms. The molecule has 1 aliphatic heterocycles. The molecule has 2 aromatic rings. The first-order valence-corrected chi connectivity index (χ1v) is 8.15. The van der Waals surface area contributed by atoms with Gasteiger partial charge >= 0.3 is 0 Å². The predicted molar refractivity (Wildman–Crippen MR) is 88.2 cm³/mol. The molecule has 26 heavy (non-hydrogen) atoms. The van der Waals surface area contributed by atoms with Gasteiger partial charge in [-0.1, -0.05) is 6.07 Å². The lowest BCUT2D eigenvalue weighted by Crippen LogP contribution is -2.58. The Kier molecular flexibility index (Phi) is 5.27. The summed E-state index contributed by atoms with van der Waals surface area (Å²) in [5.41, 5.74) is 0.448. The Balaban J connectivity index is 1.71. The second kappa shape index (κ2) is 7.61. The lowest BCUT2D eigenvalue weighted by Gasteiger charge is -2.37. The van der Waals surface area contributed by atoms with Gasteiger partial charge in [0.05, 0.1) is 19.7 Å². The maximum atomic E-state index is 13.3. The molecule has 0 bridgehead atoms. The van der Waals surface area contributed by atoms with Gasteiger partial charge in [-0.05, 0) is 25.1 Å². The lowest BCUT2D eigenvalue weighted by molar-refractivity contribution is -0.156. The van der Waals surface area contributed by atoms with Crippen LogP contribution in [0.1, 0.15) is 12.8 Å². The third kappa shape index (κ3) is 3.72. The van der Waals surface area contributed by atoms with Crippen molar-refractivity contribution in [2.45, 2.75) is 19.5 Å². The third-order valence-corrected chi connectivity index (χ3v) is 4.19. The zero-order chi connectivity index (χ0) is 18.7. The number of amides is 2. The van der Waals surface area contributed by atoms with E-state index < -0.39 is 11.9 Å². The topological polar surface area (TPSA) is 88.8 Å². The minimum atomic E-state index is -0.641. The first kappa shape index (κ1) is 18.0. The van der Waals surface area contributed by atoms with Crippen LogP contribution in [0.2, 0.25) is 0 Å². The highest BCUT2D eigenvalue weighted by Crippen LogP contribution is 2.21. The van der Waals surface area contributed by atoms with Gasteiger partial charge in [0.25, 0.3) is 0 Å². The quantitative estimate of drug-likeness (QED) is 0.764. The van der Waals surface area contributed by atoms with Crippen LogP contribution in [-0.2, 0) is 20.9 Å². The average Bonchev–Trinajstić information content (AvgIpc) is 3.09. The summed E-state index contributed by atoms with van der Waals surface area (Å²) >= 11 is 0. The van der Waals surface area contributed by atoms with Crippen LogP contribution in [0.15, 0.2) is 28.7 Å². The molecule has 0 saturated carbocycles. The van der Waals surface area contributed by atoms with Gasteiger partial charge < -0.3 is 19.0 Å². The van der Waals surface area contributed by atoms with E-state index in [4.69, 9.17) is 9.15 Å². The lowest BCUT2D eigenvalue weighted by atomic mass is 10.1. The van der Waals surface area contributed by atoms with E-state index in [1.54, 1.807) is 13.0 Å². The number of aromatic nitrogens is 2. The number of halogens is 1. The summed E-state index contributed by atoms with van der Waals surface area (Å²) in [6, 6.07) is 5.14. The Bertz CT molecular complexity index is 810. The second-order valence-electron chi connectivity index (χ2n) is 5.96. The molecule has 1 aromatic heterocycles. The van der Waals surface area contributed by atoms with E-state index in [-0.39, 0.29) is 36.7 Å². The third-order valence-electron chi connectivity index (χ3n) is 4.19. The van der Waals surface area contributed by atoms with Crippen LogP contribution >= 0.6 is 0 Å². The van der Waals surface area contributed by atoms with Crippen LogP contribution in [0.4, 0.5) is 4.39 Å². The molecule has 0 unspecified atom stereocenters. The van der Waals surface area contributed by atoms with Crippen molar-refractivity contribution in [3.63, 3.8) is 0 Å². The van der Waals surface area contributed by atoms with Crippen molar-refractivity contribution in [2.24, 2.45) is 0 Å². The van der Waals surface area contributed by atoms with Crippen LogP contribution in [0, 0.1) is 5.82 Å². The Morgan fingerprint density at radius 1 is 1.35 bits per heavy atom. The molecule has 2 amide bonds. The van der Waals surface area contributed by atoms with Crippen molar-refractivity contribution in [1.82, 2.24) is 20.0 Å². The van der Waals surface area contributed by atoms with E-state index >= 15 is 0 Å². The smallest absolute Gasteiger partial charge is 0.247 e. The minimum Gasteiger partial charge on any atom is -0.419 e. The highest BCUT2D eigenvalue weighted by atomic mass is 19.1. The van der Waals surface area contributed by atoms with Crippen molar-refractivity contribution in [1.29, 1.82) is 0 Å². The monoisotopic (exact) mass is 362 g/mol. The highest BCUT2D eigenvalue weighted by molar-refractivity contribution is 5.94. The SMILES string of the molecule is COCCN1CC(=O)N(Cc2nnc(-c3cccc(F)c3)o2)[C@@H](C)C1=O. The van der Waals surface area contributed by atoms with Gasteiger partial charge in [0.15, 0.2) is 0 Å². The number of rotatable bonds is 6. The summed E-state index contributed by atoms with van der Waals surface area (Å²) < 4.78 is 23.8. The van der Waals surface area contributed by atoms with Gasteiger partial charge in [0.1, 0.15) is 11.9 Å². The van der Waals surface area contributed by atoms with Crippen molar-refractivity contribution in [2.75, 3.05) is 26.8 Å². The second-order valence-corrected chi connectivity index (χ2v) is 5.96. The number of benzene rings is 1. The summed E-state index contributed by atoms with van der Waals surface area (Å²) in [5.74, 6) is -0.443. The largest absolute Gasteiger partial charge is 0.419 e. The van der Waals surface area contributed by atoms with Crippen LogP contribution < -0.4 is 0 Å². The Morgan fingerprint density at radius 2 is 2.15 bits per heavy atom.